The number of aryl methyl sites for hydroxylation is 1. The fourth-order valence-electron chi connectivity index (χ4n) is 1.66. The molecule has 0 saturated heterocycles. The molecular weight excluding hydrogens is 278 g/mol. The molecule has 0 bridgehead atoms. The molecule has 0 saturated carbocycles. The first-order chi connectivity index (χ1) is 9.74. The molecule has 20 heavy (non-hydrogen) atoms. The van der Waals surface area contributed by atoms with Gasteiger partial charge in [-0.15, -0.1) is 15.3 Å². The minimum Gasteiger partial charge on any atom is -0.440 e. The molecule has 7 nitrogen and oxygen atoms in total. The lowest BCUT2D eigenvalue weighted by atomic mass is 10.2. The number of nitrogens with one attached hydrogen (secondary N) is 1. The van der Waals surface area contributed by atoms with Crippen molar-refractivity contribution in [2.45, 2.75) is 5.16 Å². The predicted octanol–water partition coefficient (Wildman–Crippen LogP) is 1.04. The SMILES string of the molecule is Cn1cnnc1SCC1=NNC(=O)c2ccccc2O1. The number of fused-ring (bicyclic) bond motifs is 1. The molecule has 0 fully saturated rings. The molecular formula is C12H11N5O2S. The van der Waals surface area contributed by atoms with E-state index < -0.39 is 0 Å². The number of amides is 1. The van der Waals surface area contributed by atoms with Crippen LogP contribution in [0.1, 0.15) is 10.4 Å². The number of para-hydroxylation sites is 1. The van der Waals surface area contributed by atoms with E-state index in [0.717, 1.165) is 5.16 Å². The highest BCUT2D eigenvalue weighted by molar-refractivity contribution is 7.99. The third-order valence-corrected chi connectivity index (χ3v) is 3.66. The van der Waals surface area contributed by atoms with Crippen LogP contribution in [0.25, 0.3) is 0 Å². The Morgan fingerprint density at radius 2 is 2.25 bits per heavy atom. The Labute approximate surface area is 119 Å². The largest absolute Gasteiger partial charge is 0.440 e. The van der Waals surface area contributed by atoms with Crippen LogP contribution in [-0.2, 0) is 7.05 Å². The minimum absolute atomic E-state index is 0.278. The Morgan fingerprint density at radius 3 is 3.05 bits per heavy atom. The summed E-state index contributed by atoms with van der Waals surface area (Å²) < 4.78 is 7.45. The average Bonchev–Trinajstić information content (AvgIpc) is 2.79. The normalized spacial score (nSPS) is 13.8. The van der Waals surface area contributed by atoms with Gasteiger partial charge in [0.1, 0.15) is 12.1 Å². The van der Waals surface area contributed by atoms with Gasteiger partial charge >= 0.3 is 0 Å². The Balaban J connectivity index is 1.75. The van der Waals surface area contributed by atoms with Gasteiger partial charge in [-0.25, -0.2) is 5.43 Å². The predicted molar refractivity (Wildman–Crippen MR) is 73.7 cm³/mol. The van der Waals surface area contributed by atoms with E-state index in [2.05, 4.69) is 20.7 Å². The van der Waals surface area contributed by atoms with Crippen LogP contribution >= 0.6 is 11.8 Å². The maximum absolute atomic E-state index is 11.8. The first-order valence-corrected chi connectivity index (χ1v) is 6.83. The molecule has 1 aromatic carbocycles. The molecule has 0 radical (unpaired) electrons. The summed E-state index contributed by atoms with van der Waals surface area (Å²) >= 11 is 1.43. The maximum atomic E-state index is 11.8. The molecule has 0 atom stereocenters. The van der Waals surface area contributed by atoms with E-state index in [1.54, 1.807) is 29.1 Å². The van der Waals surface area contributed by atoms with Gasteiger partial charge in [-0.05, 0) is 12.1 Å². The first-order valence-electron chi connectivity index (χ1n) is 5.84. The number of carbonyl (C=O) groups excluding carboxylic acids is 1. The number of hydrogen-bond acceptors (Lipinski definition) is 6. The van der Waals surface area contributed by atoms with E-state index in [-0.39, 0.29) is 5.91 Å². The third kappa shape index (κ3) is 2.50. The molecule has 2 heterocycles. The summed E-state index contributed by atoms with van der Waals surface area (Å²) in [5.74, 6) is 1.08. The summed E-state index contributed by atoms with van der Waals surface area (Å²) in [5, 5.41) is 12.5. The van der Waals surface area contributed by atoms with Gasteiger partial charge in [-0.1, -0.05) is 23.9 Å². The van der Waals surface area contributed by atoms with Crippen molar-refractivity contribution in [2.24, 2.45) is 12.1 Å². The fourth-order valence-corrected chi connectivity index (χ4v) is 2.39. The highest BCUT2D eigenvalue weighted by atomic mass is 32.2. The van der Waals surface area contributed by atoms with E-state index in [9.17, 15) is 4.79 Å². The Bertz CT molecular complexity index is 682. The number of nitrogens with zero attached hydrogens (tertiary/aromatic N) is 4. The maximum Gasteiger partial charge on any atom is 0.275 e. The molecule has 2 aromatic rings. The molecule has 8 heteroatoms. The number of thioether (sulfide) groups is 1. The second-order valence-electron chi connectivity index (χ2n) is 4.06. The third-order valence-electron chi connectivity index (χ3n) is 2.64. The molecule has 102 valence electrons. The first kappa shape index (κ1) is 12.7. The molecule has 1 aliphatic heterocycles. The second kappa shape index (κ2) is 5.33. The lowest BCUT2D eigenvalue weighted by Crippen LogP contribution is -2.18. The van der Waals surface area contributed by atoms with Crippen LogP contribution < -0.4 is 10.2 Å². The van der Waals surface area contributed by atoms with Crippen LogP contribution in [0.3, 0.4) is 0 Å². The second-order valence-corrected chi connectivity index (χ2v) is 5.00. The summed E-state index contributed by atoms with van der Waals surface area (Å²) in [6.45, 7) is 0. The number of carbonyl (C=O) groups is 1. The topological polar surface area (TPSA) is 81.4 Å². The van der Waals surface area contributed by atoms with Crippen molar-refractivity contribution in [3.05, 3.63) is 36.2 Å². The quantitative estimate of drug-likeness (QED) is 0.854. The number of hydrazone groups is 1. The van der Waals surface area contributed by atoms with Crippen molar-refractivity contribution >= 4 is 23.6 Å². The van der Waals surface area contributed by atoms with Crippen molar-refractivity contribution in [1.82, 2.24) is 20.2 Å². The minimum atomic E-state index is -0.278. The lowest BCUT2D eigenvalue weighted by Gasteiger charge is -2.06. The molecule has 0 aliphatic carbocycles. The van der Waals surface area contributed by atoms with Gasteiger partial charge in [0.05, 0.1) is 11.3 Å². The fraction of sp³-hybridized carbons (Fsp3) is 0.167. The van der Waals surface area contributed by atoms with Gasteiger partial charge in [0, 0.05) is 7.05 Å². The average molecular weight is 289 g/mol. The molecule has 1 amide bonds. The van der Waals surface area contributed by atoms with Gasteiger partial charge < -0.3 is 9.30 Å². The molecule has 0 unspecified atom stereocenters. The van der Waals surface area contributed by atoms with Crippen LogP contribution in [0.4, 0.5) is 0 Å². The van der Waals surface area contributed by atoms with Crippen LogP contribution in [-0.4, -0.2) is 32.3 Å². The van der Waals surface area contributed by atoms with Crippen molar-refractivity contribution in [3.8, 4) is 5.75 Å². The number of aromatic nitrogens is 3. The zero-order valence-corrected chi connectivity index (χ0v) is 11.4. The zero-order valence-electron chi connectivity index (χ0n) is 10.6. The van der Waals surface area contributed by atoms with E-state index in [4.69, 9.17) is 4.74 Å². The number of hydrogen-bond donors (Lipinski definition) is 1. The number of benzene rings is 1. The van der Waals surface area contributed by atoms with Crippen molar-refractivity contribution in [2.75, 3.05) is 5.75 Å². The number of rotatable bonds is 3. The van der Waals surface area contributed by atoms with Gasteiger partial charge in [0.15, 0.2) is 5.16 Å². The molecule has 3 rings (SSSR count). The Hall–Kier alpha value is -2.35. The molecule has 1 aliphatic rings. The van der Waals surface area contributed by atoms with E-state index >= 15 is 0 Å². The summed E-state index contributed by atoms with van der Waals surface area (Å²) in [6.07, 6.45) is 1.62. The summed E-state index contributed by atoms with van der Waals surface area (Å²) in [4.78, 5) is 11.8. The highest BCUT2D eigenvalue weighted by Gasteiger charge is 2.18. The van der Waals surface area contributed by atoms with Crippen molar-refractivity contribution in [3.63, 3.8) is 0 Å². The van der Waals surface area contributed by atoms with Crippen LogP contribution in [0.2, 0.25) is 0 Å². The van der Waals surface area contributed by atoms with Crippen molar-refractivity contribution < 1.29 is 9.53 Å². The summed E-state index contributed by atoms with van der Waals surface area (Å²) in [5.41, 5.74) is 2.93. The van der Waals surface area contributed by atoms with Gasteiger partial charge in [0.2, 0.25) is 5.90 Å². The van der Waals surface area contributed by atoms with E-state index in [0.29, 0.717) is 23.0 Å². The standard InChI is InChI=1S/C12H11N5O2S/c1-17-7-13-16-12(17)20-6-10-14-15-11(18)8-4-2-3-5-9(8)19-10/h2-5,7H,6H2,1H3,(H,15,18). The van der Waals surface area contributed by atoms with E-state index in [1.807, 2.05) is 13.1 Å². The summed E-state index contributed by atoms with van der Waals surface area (Å²) in [7, 11) is 1.86. The Kier molecular flexibility index (Phi) is 3.38. The summed E-state index contributed by atoms with van der Waals surface area (Å²) in [6, 6.07) is 7.02. The highest BCUT2D eigenvalue weighted by Crippen LogP contribution is 2.22. The van der Waals surface area contributed by atoms with Crippen LogP contribution in [0, 0.1) is 0 Å². The van der Waals surface area contributed by atoms with Crippen LogP contribution in [0.15, 0.2) is 40.9 Å². The lowest BCUT2D eigenvalue weighted by molar-refractivity contribution is 0.0955. The van der Waals surface area contributed by atoms with Gasteiger partial charge in [-0.3, -0.25) is 4.79 Å². The van der Waals surface area contributed by atoms with Crippen molar-refractivity contribution in [1.29, 1.82) is 0 Å². The number of ether oxygens (including phenoxy) is 1. The Morgan fingerprint density at radius 1 is 1.40 bits per heavy atom. The monoisotopic (exact) mass is 289 g/mol. The van der Waals surface area contributed by atoms with E-state index in [1.165, 1.54) is 11.8 Å². The molecule has 1 N–H and O–H groups in total. The molecule has 0 spiro atoms. The van der Waals surface area contributed by atoms with Crippen LogP contribution in [0.5, 0.6) is 5.75 Å². The van der Waals surface area contributed by atoms with Gasteiger partial charge in [-0.2, -0.15) is 0 Å². The zero-order chi connectivity index (χ0) is 13.9. The molecule has 1 aromatic heterocycles. The van der Waals surface area contributed by atoms with Gasteiger partial charge in [0.25, 0.3) is 5.91 Å². The smallest absolute Gasteiger partial charge is 0.275 e.